The van der Waals surface area contributed by atoms with Crippen molar-refractivity contribution in [1.29, 1.82) is 0 Å². The van der Waals surface area contributed by atoms with Gasteiger partial charge in [-0.1, -0.05) is 48.0 Å². The van der Waals surface area contributed by atoms with Gasteiger partial charge in [-0.15, -0.1) is 0 Å². The van der Waals surface area contributed by atoms with Gasteiger partial charge in [0, 0.05) is 24.5 Å². The minimum absolute atomic E-state index is 0.626. The second kappa shape index (κ2) is 12.4. The van der Waals surface area contributed by atoms with E-state index in [2.05, 4.69) is 57.5 Å². The molecule has 9 nitrogen and oxygen atoms in total. The van der Waals surface area contributed by atoms with E-state index < -0.39 is 11.9 Å². The smallest absolute Gasteiger partial charge is 0.414 e. The van der Waals surface area contributed by atoms with Gasteiger partial charge < -0.3 is 19.6 Å². The number of imidazole rings is 1. The van der Waals surface area contributed by atoms with Gasteiger partial charge in [0.2, 0.25) is 0 Å². The maximum Gasteiger partial charge on any atom is 0.414 e. The SMILES string of the molecule is O=C(O)C(=O)O.c1ccc2cc(/C(Cn3ccnc3)=N\OCCN3CCCCC3)ccc2c1. The first-order valence-corrected chi connectivity index (χ1v) is 10.9. The zero-order valence-corrected chi connectivity index (χ0v) is 18.3. The summed E-state index contributed by atoms with van der Waals surface area (Å²) in [7, 11) is 0. The molecular weight excluding hydrogens is 424 g/mol. The third kappa shape index (κ3) is 7.73. The lowest BCUT2D eigenvalue weighted by Gasteiger charge is -2.25. The van der Waals surface area contributed by atoms with Crippen LogP contribution in [0.4, 0.5) is 0 Å². The van der Waals surface area contributed by atoms with Crippen molar-refractivity contribution in [1.82, 2.24) is 14.5 Å². The predicted octanol–water partition coefficient (Wildman–Crippen LogP) is 3.10. The molecule has 0 radical (unpaired) electrons. The van der Waals surface area contributed by atoms with Crippen LogP contribution in [0.1, 0.15) is 24.8 Å². The molecule has 3 aromatic rings. The van der Waals surface area contributed by atoms with Crippen LogP contribution in [0, 0.1) is 0 Å². The molecule has 9 heteroatoms. The number of fused-ring (bicyclic) bond motifs is 1. The monoisotopic (exact) mass is 452 g/mol. The topological polar surface area (TPSA) is 117 Å². The standard InChI is InChI=1S/C22H26N4O.C2H2O4/c1-4-11-25(12-5-1)14-15-27-24-22(17-26-13-10-23-18-26)21-9-8-19-6-2-3-7-20(19)16-21;3-1(4)2(5)6/h2-3,6-10,13,16,18H,1,4-5,11-12,14-15,17H2;(H,3,4)(H,5,6)/b24-22-;. The van der Waals surface area contributed by atoms with Gasteiger partial charge in [0.15, 0.2) is 0 Å². The van der Waals surface area contributed by atoms with Crippen molar-refractivity contribution in [3.05, 3.63) is 66.7 Å². The van der Waals surface area contributed by atoms with Crippen LogP contribution in [0.15, 0.2) is 66.3 Å². The van der Waals surface area contributed by atoms with Gasteiger partial charge in [-0.3, -0.25) is 4.90 Å². The van der Waals surface area contributed by atoms with Crippen molar-refractivity contribution in [3.63, 3.8) is 0 Å². The van der Waals surface area contributed by atoms with E-state index in [-0.39, 0.29) is 0 Å². The van der Waals surface area contributed by atoms with Gasteiger partial charge in [-0.25, -0.2) is 14.6 Å². The molecule has 2 aromatic carbocycles. The summed E-state index contributed by atoms with van der Waals surface area (Å²) in [5, 5.41) is 21.7. The molecule has 33 heavy (non-hydrogen) atoms. The Hall–Kier alpha value is -3.72. The van der Waals surface area contributed by atoms with Crippen LogP contribution in [0.25, 0.3) is 10.8 Å². The van der Waals surface area contributed by atoms with E-state index in [4.69, 9.17) is 24.6 Å². The van der Waals surface area contributed by atoms with E-state index >= 15 is 0 Å². The Bertz CT molecular complexity index is 1060. The van der Waals surface area contributed by atoms with Gasteiger partial charge in [-0.05, 0) is 42.8 Å². The Labute approximate surface area is 191 Å². The van der Waals surface area contributed by atoms with Crippen molar-refractivity contribution in [2.24, 2.45) is 5.16 Å². The molecule has 0 aliphatic carbocycles. The lowest BCUT2D eigenvalue weighted by molar-refractivity contribution is -0.159. The number of oxime groups is 1. The van der Waals surface area contributed by atoms with E-state index in [1.54, 1.807) is 6.20 Å². The average Bonchev–Trinajstić information content (AvgIpc) is 3.35. The number of carboxylic acids is 2. The number of carbonyl (C=O) groups is 2. The number of aromatic nitrogens is 2. The highest BCUT2D eigenvalue weighted by Gasteiger charge is 2.10. The number of hydrogen-bond donors (Lipinski definition) is 2. The van der Waals surface area contributed by atoms with E-state index in [9.17, 15) is 0 Å². The van der Waals surface area contributed by atoms with Crippen molar-refractivity contribution >= 4 is 28.4 Å². The van der Waals surface area contributed by atoms with Crippen LogP contribution < -0.4 is 0 Å². The van der Waals surface area contributed by atoms with Crippen LogP contribution in [0.2, 0.25) is 0 Å². The average molecular weight is 453 g/mol. The number of carboxylic acid groups (broad SMARTS) is 2. The number of nitrogens with zero attached hydrogens (tertiary/aromatic N) is 4. The van der Waals surface area contributed by atoms with Gasteiger partial charge in [0.25, 0.3) is 0 Å². The second-order valence-electron chi connectivity index (χ2n) is 7.68. The molecule has 174 valence electrons. The fourth-order valence-electron chi connectivity index (χ4n) is 3.57. The molecule has 1 aliphatic rings. The molecule has 0 atom stereocenters. The molecule has 0 bridgehead atoms. The lowest BCUT2D eigenvalue weighted by Crippen LogP contribution is -2.32. The Morgan fingerprint density at radius 2 is 1.73 bits per heavy atom. The van der Waals surface area contributed by atoms with E-state index in [0.717, 1.165) is 17.8 Å². The first kappa shape index (κ1) is 23.9. The third-order valence-corrected chi connectivity index (χ3v) is 5.28. The highest BCUT2D eigenvalue weighted by atomic mass is 16.6. The first-order valence-electron chi connectivity index (χ1n) is 10.9. The van der Waals surface area contributed by atoms with Gasteiger partial charge in [-0.2, -0.15) is 0 Å². The number of piperidine rings is 1. The largest absolute Gasteiger partial charge is 0.473 e. The van der Waals surface area contributed by atoms with Crippen molar-refractivity contribution < 1.29 is 24.6 Å². The molecule has 0 amide bonds. The van der Waals surface area contributed by atoms with Crippen LogP contribution in [-0.2, 0) is 21.0 Å². The number of rotatable bonds is 7. The summed E-state index contributed by atoms with van der Waals surface area (Å²) in [5.74, 6) is -3.65. The molecule has 4 rings (SSSR count). The molecule has 1 aliphatic heterocycles. The quantitative estimate of drug-likeness (QED) is 0.245. The Balaban J connectivity index is 0.000000454. The molecular formula is C24H28N4O5. The van der Waals surface area contributed by atoms with Crippen molar-refractivity contribution in [2.75, 3.05) is 26.2 Å². The van der Waals surface area contributed by atoms with Gasteiger partial charge in [0.05, 0.1) is 12.9 Å². The zero-order valence-electron chi connectivity index (χ0n) is 18.3. The summed E-state index contributed by atoms with van der Waals surface area (Å²) < 4.78 is 2.02. The maximum atomic E-state index is 9.10. The number of hydrogen-bond acceptors (Lipinski definition) is 6. The number of benzene rings is 2. The summed E-state index contributed by atoms with van der Waals surface area (Å²) in [6.45, 7) is 4.57. The summed E-state index contributed by atoms with van der Waals surface area (Å²) in [6.07, 6.45) is 9.49. The highest BCUT2D eigenvalue weighted by molar-refractivity contribution is 6.27. The van der Waals surface area contributed by atoms with Gasteiger partial charge >= 0.3 is 11.9 Å². The summed E-state index contributed by atoms with van der Waals surface area (Å²) >= 11 is 0. The zero-order chi connectivity index (χ0) is 23.5. The van der Waals surface area contributed by atoms with Crippen LogP contribution >= 0.6 is 0 Å². The highest BCUT2D eigenvalue weighted by Crippen LogP contribution is 2.17. The number of likely N-dealkylation sites (tertiary alicyclic amines) is 1. The Morgan fingerprint density at radius 1 is 1.00 bits per heavy atom. The maximum absolute atomic E-state index is 9.10. The molecule has 0 unspecified atom stereocenters. The fraction of sp³-hybridized carbons (Fsp3) is 0.333. The van der Waals surface area contributed by atoms with Crippen molar-refractivity contribution in [3.8, 4) is 0 Å². The molecule has 2 N–H and O–H groups in total. The van der Waals surface area contributed by atoms with Crippen LogP contribution in [-0.4, -0.2) is 68.6 Å². The van der Waals surface area contributed by atoms with E-state index in [0.29, 0.717) is 13.2 Å². The second-order valence-corrected chi connectivity index (χ2v) is 7.68. The Kier molecular flexibility index (Phi) is 8.96. The molecule has 2 heterocycles. The Morgan fingerprint density at radius 3 is 2.39 bits per heavy atom. The minimum Gasteiger partial charge on any atom is -0.473 e. The van der Waals surface area contributed by atoms with Gasteiger partial charge in [0.1, 0.15) is 12.3 Å². The third-order valence-electron chi connectivity index (χ3n) is 5.28. The predicted molar refractivity (Wildman–Crippen MR) is 124 cm³/mol. The summed E-state index contributed by atoms with van der Waals surface area (Å²) in [4.78, 5) is 30.5. The van der Waals surface area contributed by atoms with Crippen molar-refractivity contribution in [2.45, 2.75) is 25.8 Å². The molecule has 1 fully saturated rings. The number of aliphatic carboxylic acids is 2. The first-order chi connectivity index (χ1) is 16.0. The van der Waals surface area contributed by atoms with Crippen LogP contribution in [0.5, 0.6) is 0 Å². The lowest BCUT2D eigenvalue weighted by atomic mass is 10.0. The summed E-state index contributed by atoms with van der Waals surface area (Å²) in [6, 6.07) is 14.8. The molecule has 0 saturated carbocycles. The van der Waals surface area contributed by atoms with E-state index in [1.807, 2.05) is 17.1 Å². The molecule has 1 saturated heterocycles. The van der Waals surface area contributed by atoms with Crippen LogP contribution in [0.3, 0.4) is 0 Å². The summed E-state index contributed by atoms with van der Waals surface area (Å²) in [5.41, 5.74) is 2.00. The normalized spacial score (nSPS) is 14.4. The minimum atomic E-state index is -1.82. The van der Waals surface area contributed by atoms with E-state index in [1.165, 1.54) is 43.1 Å². The molecule has 1 aromatic heterocycles. The molecule has 0 spiro atoms. The fourth-order valence-corrected chi connectivity index (χ4v) is 3.57.